The summed E-state index contributed by atoms with van der Waals surface area (Å²) in [6.07, 6.45) is -10.6. The first-order valence-corrected chi connectivity index (χ1v) is 14.6. The monoisotopic (exact) mass is 684 g/mol. The van der Waals surface area contributed by atoms with Crippen LogP contribution < -0.4 is 4.74 Å². The Balaban J connectivity index is 1.39. The van der Waals surface area contributed by atoms with Crippen LogP contribution in [0.3, 0.4) is 0 Å². The van der Waals surface area contributed by atoms with Crippen LogP contribution in [0.2, 0.25) is 0 Å². The lowest BCUT2D eigenvalue weighted by atomic mass is 9.86. The molecule has 0 atom stereocenters. The molecular formula is C33H28F12O2. The van der Waals surface area contributed by atoms with Crippen molar-refractivity contribution in [2.24, 2.45) is 5.92 Å². The van der Waals surface area contributed by atoms with Gasteiger partial charge in [0.1, 0.15) is 46.0 Å². The van der Waals surface area contributed by atoms with Crippen LogP contribution in [0.1, 0.15) is 73.3 Å². The summed E-state index contributed by atoms with van der Waals surface area (Å²) in [7, 11) is 0. The molecule has 0 heterocycles. The molecule has 47 heavy (non-hydrogen) atoms. The van der Waals surface area contributed by atoms with Crippen LogP contribution in [-0.4, -0.2) is 6.10 Å². The van der Waals surface area contributed by atoms with Gasteiger partial charge in [0, 0.05) is 12.1 Å². The lowest BCUT2D eigenvalue weighted by Crippen LogP contribution is -2.31. The number of hydrogen-bond donors (Lipinski definition) is 0. The number of alkyl halides is 7. The number of aryl methyl sites for hydroxylation is 1. The summed E-state index contributed by atoms with van der Waals surface area (Å²) < 4.78 is 178. The van der Waals surface area contributed by atoms with Gasteiger partial charge < -0.3 is 9.47 Å². The van der Waals surface area contributed by atoms with Gasteiger partial charge in [-0.25, -0.2) is 22.0 Å². The average molecular weight is 685 g/mol. The third kappa shape index (κ3) is 8.82. The minimum atomic E-state index is -5.23. The second-order valence-electron chi connectivity index (χ2n) is 11.2. The largest absolute Gasteiger partial charge is 0.429 e. The second kappa shape index (κ2) is 14.2. The van der Waals surface area contributed by atoms with E-state index in [1.807, 2.05) is 6.92 Å². The average Bonchev–Trinajstić information content (AvgIpc) is 2.93. The van der Waals surface area contributed by atoms with E-state index >= 15 is 0 Å². The molecule has 0 aromatic heterocycles. The fourth-order valence-corrected chi connectivity index (χ4v) is 5.30. The summed E-state index contributed by atoms with van der Waals surface area (Å²) in [5.74, 6) is -10.4. The van der Waals surface area contributed by atoms with Crippen LogP contribution in [0.25, 0.3) is 6.08 Å². The number of ether oxygens (including phenoxy) is 2. The molecule has 1 aliphatic rings. The lowest BCUT2D eigenvalue weighted by molar-refractivity contribution is -0.280. The molecule has 0 radical (unpaired) electrons. The zero-order valence-corrected chi connectivity index (χ0v) is 24.7. The van der Waals surface area contributed by atoms with Gasteiger partial charge >= 0.3 is 18.4 Å². The molecular weight excluding hydrogens is 656 g/mol. The van der Waals surface area contributed by atoms with E-state index in [1.165, 1.54) is 18.2 Å². The van der Waals surface area contributed by atoms with Gasteiger partial charge in [0.2, 0.25) is 0 Å². The maximum atomic E-state index is 14.9. The predicted octanol–water partition coefficient (Wildman–Crippen LogP) is 11.2. The van der Waals surface area contributed by atoms with Gasteiger partial charge in [-0.15, -0.1) is 0 Å². The number of allylic oxidation sites excluding steroid dienone is 1. The number of halogens is 12. The van der Waals surface area contributed by atoms with Crippen molar-refractivity contribution in [1.82, 2.24) is 0 Å². The maximum Gasteiger partial charge on any atom is 0.429 e. The van der Waals surface area contributed by atoms with Crippen LogP contribution in [0.5, 0.6) is 5.75 Å². The van der Waals surface area contributed by atoms with E-state index in [4.69, 9.17) is 4.74 Å². The van der Waals surface area contributed by atoms with E-state index in [1.54, 1.807) is 0 Å². The number of benzene rings is 3. The highest BCUT2D eigenvalue weighted by atomic mass is 19.4. The molecule has 2 nitrogen and oxygen atoms in total. The fourth-order valence-electron chi connectivity index (χ4n) is 5.30. The van der Waals surface area contributed by atoms with E-state index in [-0.39, 0.29) is 49.3 Å². The highest BCUT2D eigenvalue weighted by molar-refractivity contribution is 5.51. The first-order valence-electron chi connectivity index (χ1n) is 14.6. The van der Waals surface area contributed by atoms with E-state index in [0.29, 0.717) is 30.5 Å². The summed E-state index contributed by atoms with van der Waals surface area (Å²) in [5.41, 5.74) is -4.85. The van der Waals surface area contributed by atoms with E-state index in [2.05, 4.69) is 4.74 Å². The van der Waals surface area contributed by atoms with E-state index in [0.717, 1.165) is 18.6 Å². The summed E-state index contributed by atoms with van der Waals surface area (Å²) in [5, 5.41) is 0. The Morgan fingerprint density at radius 2 is 1.28 bits per heavy atom. The van der Waals surface area contributed by atoms with Gasteiger partial charge in [-0.1, -0.05) is 31.6 Å². The molecule has 0 aliphatic heterocycles. The van der Waals surface area contributed by atoms with Gasteiger partial charge in [-0.05, 0) is 79.8 Å². The fraction of sp³-hybridized carbons (Fsp3) is 0.394. The molecule has 0 N–H and O–H groups in total. The molecule has 0 saturated heterocycles. The van der Waals surface area contributed by atoms with E-state index in [9.17, 15) is 52.7 Å². The summed E-state index contributed by atoms with van der Waals surface area (Å²) in [6.45, 7) is 1.89. The molecule has 1 saturated carbocycles. The van der Waals surface area contributed by atoms with Crippen LogP contribution >= 0.6 is 0 Å². The highest BCUT2D eigenvalue weighted by Gasteiger charge is 2.44. The Morgan fingerprint density at radius 3 is 1.81 bits per heavy atom. The Labute approximate surface area is 262 Å². The van der Waals surface area contributed by atoms with Crippen molar-refractivity contribution in [2.45, 2.75) is 76.4 Å². The van der Waals surface area contributed by atoms with Gasteiger partial charge in [0.25, 0.3) is 0 Å². The van der Waals surface area contributed by atoms with Crippen LogP contribution in [0.4, 0.5) is 52.7 Å². The third-order valence-corrected chi connectivity index (χ3v) is 7.66. The number of rotatable bonds is 11. The van der Waals surface area contributed by atoms with Crippen molar-refractivity contribution in [3.05, 3.63) is 105 Å². The SMILES string of the molecule is CCCCc1ccc(C(F)(F)Oc2cc(F)c(C(F)(F)OC3CCC(/C=C/c4cc(F)c(C(F)(F)F)c(F)c4)CC3)c(F)c2)c(F)c1. The summed E-state index contributed by atoms with van der Waals surface area (Å²) >= 11 is 0. The minimum Gasteiger partial charge on any atom is -0.429 e. The van der Waals surface area contributed by atoms with Crippen molar-refractivity contribution < 1.29 is 62.2 Å². The maximum absolute atomic E-state index is 14.9. The smallest absolute Gasteiger partial charge is 0.429 e. The Bertz CT molecular complexity index is 1540. The zero-order chi connectivity index (χ0) is 34.7. The van der Waals surface area contributed by atoms with Crippen molar-refractivity contribution in [3.63, 3.8) is 0 Å². The molecule has 3 aromatic carbocycles. The van der Waals surface area contributed by atoms with Crippen molar-refractivity contribution in [2.75, 3.05) is 0 Å². The Hall–Kier alpha value is -3.68. The molecule has 0 bridgehead atoms. The van der Waals surface area contributed by atoms with Crippen molar-refractivity contribution in [3.8, 4) is 5.75 Å². The van der Waals surface area contributed by atoms with Gasteiger partial charge in [0.05, 0.1) is 11.7 Å². The molecule has 1 fully saturated rings. The normalized spacial score (nSPS) is 17.8. The lowest BCUT2D eigenvalue weighted by Gasteiger charge is -2.30. The van der Waals surface area contributed by atoms with Gasteiger partial charge in [-0.2, -0.15) is 30.7 Å². The van der Waals surface area contributed by atoms with Crippen LogP contribution in [-0.2, 0) is 29.6 Å². The van der Waals surface area contributed by atoms with E-state index < -0.39 is 76.0 Å². The Kier molecular flexibility index (Phi) is 10.9. The Morgan fingerprint density at radius 1 is 0.702 bits per heavy atom. The first-order chi connectivity index (χ1) is 21.9. The number of unbranched alkanes of at least 4 members (excludes halogenated alkanes) is 1. The van der Waals surface area contributed by atoms with Crippen molar-refractivity contribution in [1.29, 1.82) is 0 Å². The summed E-state index contributed by atoms with van der Waals surface area (Å²) in [6, 6.07) is 4.11. The molecule has 0 amide bonds. The second-order valence-corrected chi connectivity index (χ2v) is 11.2. The molecule has 0 unspecified atom stereocenters. The zero-order valence-electron chi connectivity index (χ0n) is 24.7. The molecule has 14 heteroatoms. The van der Waals surface area contributed by atoms with Crippen LogP contribution in [0.15, 0.2) is 48.5 Å². The molecule has 4 rings (SSSR count). The first kappa shape index (κ1) is 36.2. The summed E-state index contributed by atoms with van der Waals surface area (Å²) in [4.78, 5) is 0. The molecule has 256 valence electrons. The molecule has 3 aromatic rings. The highest BCUT2D eigenvalue weighted by Crippen LogP contribution is 2.41. The quantitative estimate of drug-likeness (QED) is 0.187. The van der Waals surface area contributed by atoms with Crippen LogP contribution in [0, 0.1) is 35.0 Å². The van der Waals surface area contributed by atoms with Gasteiger partial charge in [-0.3, -0.25) is 0 Å². The van der Waals surface area contributed by atoms with Gasteiger partial charge in [0.15, 0.2) is 0 Å². The molecule has 1 aliphatic carbocycles. The predicted molar refractivity (Wildman–Crippen MR) is 147 cm³/mol. The molecule has 0 spiro atoms. The standard InChI is InChI=1S/C33H28F12O2/c1-2-3-4-19-9-12-23(24(34)13-19)32(42,43)47-22-16-27(37)30(28(38)17-22)33(44,45)46-21-10-7-18(8-11-21)5-6-20-14-25(35)29(26(36)15-20)31(39,40)41/h5-6,9,12-18,21H,2-4,7-8,10-11H2,1H3/b6-5+. The third-order valence-electron chi connectivity index (χ3n) is 7.66. The van der Waals surface area contributed by atoms with Crippen molar-refractivity contribution >= 4 is 6.08 Å². The topological polar surface area (TPSA) is 18.5 Å². The minimum absolute atomic E-state index is 0.0558. The number of hydrogen-bond acceptors (Lipinski definition) is 2.